The van der Waals surface area contributed by atoms with Crippen LogP contribution in [0.3, 0.4) is 0 Å². The zero-order chi connectivity index (χ0) is 26.7. The van der Waals surface area contributed by atoms with Crippen LogP contribution in [0.4, 0.5) is 24.5 Å². The highest BCUT2D eigenvalue weighted by Gasteiger charge is 2.35. The molecule has 0 bridgehead atoms. The molecule has 0 saturated carbocycles. The zero-order valence-electron chi connectivity index (χ0n) is 19.8. The van der Waals surface area contributed by atoms with Crippen molar-refractivity contribution in [2.24, 2.45) is 0 Å². The number of hydrogen-bond donors (Lipinski definition) is 3. The maximum atomic E-state index is 13.4. The van der Waals surface area contributed by atoms with Gasteiger partial charge in [0.2, 0.25) is 0 Å². The predicted molar refractivity (Wildman–Crippen MR) is 135 cm³/mol. The molecule has 2 amide bonds. The van der Waals surface area contributed by atoms with Crippen molar-refractivity contribution in [3.8, 4) is 0 Å². The van der Waals surface area contributed by atoms with Gasteiger partial charge in [-0.15, -0.1) is 0 Å². The number of nitrogens with one attached hydrogen (secondary N) is 3. The van der Waals surface area contributed by atoms with Gasteiger partial charge in [0.15, 0.2) is 0 Å². The van der Waals surface area contributed by atoms with Crippen molar-refractivity contribution in [2.45, 2.75) is 26.6 Å². The third-order valence-corrected chi connectivity index (χ3v) is 5.98. The number of benzene rings is 3. The van der Waals surface area contributed by atoms with Gasteiger partial charge in [-0.05, 0) is 55.8 Å². The fourth-order valence-corrected chi connectivity index (χ4v) is 3.91. The minimum absolute atomic E-state index is 0.0929. The Morgan fingerprint density at radius 3 is 2.49 bits per heavy atom. The van der Waals surface area contributed by atoms with Crippen LogP contribution >= 0.6 is 11.6 Å². The monoisotopic (exact) mass is 530 g/mol. The van der Waals surface area contributed by atoms with E-state index in [9.17, 15) is 22.8 Å². The fourth-order valence-electron chi connectivity index (χ4n) is 3.74. The van der Waals surface area contributed by atoms with E-state index in [4.69, 9.17) is 16.3 Å². The normalized spacial score (nSPS) is 11.5. The second-order valence-electron chi connectivity index (χ2n) is 8.10. The van der Waals surface area contributed by atoms with Crippen molar-refractivity contribution in [2.75, 3.05) is 17.2 Å². The Hall–Kier alpha value is -3.89. The third kappa shape index (κ3) is 5.76. The number of ether oxygens (including phenoxy) is 1. The van der Waals surface area contributed by atoms with Gasteiger partial charge in [0.25, 0.3) is 11.8 Å². The van der Waals surface area contributed by atoms with E-state index in [0.29, 0.717) is 39.7 Å². The number of aromatic nitrogens is 2. The van der Waals surface area contributed by atoms with Gasteiger partial charge >= 0.3 is 6.18 Å². The van der Waals surface area contributed by atoms with Crippen molar-refractivity contribution >= 4 is 45.8 Å². The van der Waals surface area contributed by atoms with E-state index in [1.807, 2.05) is 6.92 Å². The minimum atomic E-state index is -4.71. The van der Waals surface area contributed by atoms with Crippen molar-refractivity contribution in [3.63, 3.8) is 0 Å². The molecule has 37 heavy (non-hydrogen) atoms. The molecule has 0 radical (unpaired) electrons. The summed E-state index contributed by atoms with van der Waals surface area (Å²) >= 11 is 6.17. The van der Waals surface area contributed by atoms with Crippen LogP contribution in [-0.2, 0) is 17.5 Å². The molecule has 0 spiro atoms. The number of anilines is 2. The molecule has 0 aliphatic carbocycles. The summed E-state index contributed by atoms with van der Waals surface area (Å²) in [7, 11) is 0. The highest BCUT2D eigenvalue weighted by molar-refractivity contribution is 6.31. The number of imidazole rings is 1. The molecule has 0 saturated heterocycles. The van der Waals surface area contributed by atoms with Gasteiger partial charge in [-0.25, -0.2) is 4.98 Å². The standard InChI is InChI=1S/C26H22ClF3N4O3/c1-3-37-13-22-32-21-12-15(31-24(35)16-7-4-5-8-18(16)26(28,29)30)11-17(23(21)34-22)25(36)33-20-10-6-9-19(27)14(20)2/h4-12H,3,13H2,1-2H3,(H,31,35)(H,32,34)(H,33,36). The number of carbonyl (C=O) groups is 2. The SMILES string of the molecule is CCOCc1nc2c(C(=O)Nc3cccc(Cl)c3C)cc(NC(=O)c3ccccc3C(F)(F)F)cc2[nH]1. The molecular formula is C26H22ClF3N4O3. The van der Waals surface area contributed by atoms with Gasteiger partial charge in [-0.1, -0.05) is 29.8 Å². The van der Waals surface area contributed by atoms with Gasteiger partial charge in [-0.3, -0.25) is 9.59 Å². The van der Waals surface area contributed by atoms with Crippen molar-refractivity contribution < 1.29 is 27.5 Å². The average Bonchev–Trinajstić information content (AvgIpc) is 3.27. The largest absolute Gasteiger partial charge is 0.417 e. The van der Waals surface area contributed by atoms with E-state index in [1.54, 1.807) is 25.1 Å². The van der Waals surface area contributed by atoms with Crippen LogP contribution in [-0.4, -0.2) is 28.4 Å². The Bertz CT molecular complexity index is 1480. The molecule has 3 N–H and O–H groups in total. The number of amides is 2. The maximum absolute atomic E-state index is 13.4. The van der Waals surface area contributed by atoms with Gasteiger partial charge in [0.05, 0.1) is 22.2 Å². The Labute approximate surface area is 215 Å². The van der Waals surface area contributed by atoms with Crippen LogP contribution in [0.5, 0.6) is 0 Å². The number of aromatic amines is 1. The quantitative estimate of drug-likeness (QED) is 0.251. The summed E-state index contributed by atoms with van der Waals surface area (Å²) in [6.07, 6.45) is -4.71. The lowest BCUT2D eigenvalue weighted by Crippen LogP contribution is -2.19. The molecule has 11 heteroatoms. The molecule has 3 aromatic carbocycles. The number of carbonyl (C=O) groups excluding carboxylic acids is 2. The molecule has 0 unspecified atom stereocenters. The molecule has 7 nitrogen and oxygen atoms in total. The second-order valence-corrected chi connectivity index (χ2v) is 8.51. The van der Waals surface area contributed by atoms with Gasteiger partial charge in [0.1, 0.15) is 17.9 Å². The lowest BCUT2D eigenvalue weighted by molar-refractivity contribution is -0.137. The van der Waals surface area contributed by atoms with Crippen LogP contribution in [0.25, 0.3) is 11.0 Å². The highest BCUT2D eigenvalue weighted by atomic mass is 35.5. The molecule has 0 atom stereocenters. The Kier molecular flexibility index (Phi) is 7.51. The fraction of sp³-hybridized carbons (Fsp3) is 0.192. The van der Waals surface area contributed by atoms with E-state index in [2.05, 4.69) is 20.6 Å². The number of rotatable bonds is 7. The van der Waals surface area contributed by atoms with Gasteiger partial charge in [-0.2, -0.15) is 13.2 Å². The highest BCUT2D eigenvalue weighted by Crippen LogP contribution is 2.33. The molecular weight excluding hydrogens is 509 g/mol. The number of halogens is 4. The number of alkyl halides is 3. The Morgan fingerprint density at radius 1 is 1.03 bits per heavy atom. The smallest absolute Gasteiger partial charge is 0.374 e. The number of fused-ring (bicyclic) bond motifs is 1. The van der Waals surface area contributed by atoms with Crippen LogP contribution < -0.4 is 10.6 Å². The molecule has 4 aromatic rings. The summed E-state index contributed by atoms with van der Waals surface area (Å²) in [4.78, 5) is 33.6. The first-order valence-corrected chi connectivity index (χ1v) is 11.6. The summed E-state index contributed by atoms with van der Waals surface area (Å²) < 4.78 is 45.7. The summed E-state index contributed by atoms with van der Waals surface area (Å²) in [5.41, 5.74) is 0.417. The Balaban J connectivity index is 1.74. The van der Waals surface area contributed by atoms with E-state index in [-0.39, 0.29) is 17.9 Å². The summed E-state index contributed by atoms with van der Waals surface area (Å²) in [5, 5.41) is 5.72. The summed E-state index contributed by atoms with van der Waals surface area (Å²) in [6.45, 7) is 4.16. The number of H-pyrrole nitrogens is 1. The molecule has 1 aromatic heterocycles. The maximum Gasteiger partial charge on any atom is 0.417 e. The number of hydrogen-bond acceptors (Lipinski definition) is 4. The van der Waals surface area contributed by atoms with E-state index in [0.717, 1.165) is 12.1 Å². The summed E-state index contributed by atoms with van der Waals surface area (Å²) in [5.74, 6) is -1.08. The Morgan fingerprint density at radius 2 is 1.76 bits per heavy atom. The van der Waals surface area contributed by atoms with Crippen LogP contribution in [0.15, 0.2) is 54.6 Å². The van der Waals surface area contributed by atoms with Crippen molar-refractivity contribution in [1.82, 2.24) is 9.97 Å². The van der Waals surface area contributed by atoms with Crippen molar-refractivity contribution in [1.29, 1.82) is 0 Å². The molecule has 192 valence electrons. The molecule has 0 aliphatic rings. The van der Waals surface area contributed by atoms with E-state index < -0.39 is 29.1 Å². The first-order chi connectivity index (χ1) is 17.6. The minimum Gasteiger partial charge on any atom is -0.374 e. The second kappa shape index (κ2) is 10.6. The molecule has 4 rings (SSSR count). The lowest BCUT2D eigenvalue weighted by atomic mass is 10.1. The topological polar surface area (TPSA) is 96.1 Å². The third-order valence-electron chi connectivity index (χ3n) is 5.57. The van der Waals surface area contributed by atoms with Crippen LogP contribution in [0.1, 0.15) is 44.6 Å². The van der Waals surface area contributed by atoms with E-state index in [1.165, 1.54) is 24.3 Å². The molecule has 0 aliphatic heterocycles. The van der Waals surface area contributed by atoms with Crippen molar-refractivity contribution in [3.05, 3.63) is 87.7 Å². The average molecular weight is 531 g/mol. The molecule has 0 fully saturated rings. The predicted octanol–water partition coefficient (Wildman–Crippen LogP) is 6.58. The van der Waals surface area contributed by atoms with Gasteiger partial charge < -0.3 is 20.4 Å². The van der Waals surface area contributed by atoms with Crippen LogP contribution in [0, 0.1) is 6.92 Å². The summed E-state index contributed by atoms with van der Waals surface area (Å²) in [6, 6.07) is 12.4. The number of nitrogens with zero attached hydrogens (tertiary/aromatic N) is 1. The first kappa shape index (κ1) is 26.2. The lowest BCUT2D eigenvalue weighted by Gasteiger charge is -2.14. The van der Waals surface area contributed by atoms with Crippen LogP contribution in [0.2, 0.25) is 5.02 Å². The first-order valence-electron chi connectivity index (χ1n) is 11.2. The zero-order valence-corrected chi connectivity index (χ0v) is 20.6. The van der Waals surface area contributed by atoms with Gasteiger partial charge in [0, 0.05) is 23.0 Å². The van der Waals surface area contributed by atoms with E-state index >= 15 is 0 Å². The molecule has 1 heterocycles.